The summed E-state index contributed by atoms with van der Waals surface area (Å²) in [4.78, 5) is 45.6. The molecular weight excluding hydrogens is 471 g/mol. The number of aromatic amines is 1. The fourth-order valence-electron chi connectivity index (χ4n) is 3.84. The molecule has 0 bridgehead atoms. The van der Waals surface area contributed by atoms with Gasteiger partial charge in [-0.2, -0.15) is 0 Å². The molecule has 0 unspecified atom stereocenters. The van der Waals surface area contributed by atoms with Crippen LogP contribution in [0.5, 0.6) is 0 Å². The Bertz CT molecular complexity index is 1250. The molecule has 1 saturated heterocycles. The molecule has 1 aromatic carbocycles. The van der Waals surface area contributed by atoms with Gasteiger partial charge in [0.05, 0.1) is 13.2 Å². The first kappa shape index (κ1) is 23.2. The number of halogens is 2. The summed E-state index contributed by atoms with van der Waals surface area (Å²) in [6.07, 6.45) is 0.943. The zero-order valence-corrected chi connectivity index (χ0v) is 19.4. The molecule has 0 spiro atoms. The third-order valence-corrected chi connectivity index (χ3v) is 6.15. The molecule has 0 atom stereocenters. The molecule has 2 aromatic heterocycles. The maximum absolute atomic E-state index is 12.6. The van der Waals surface area contributed by atoms with Crippen LogP contribution in [-0.4, -0.2) is 61.4 Å². The normalized spacial score (nSPS) is 14.6. The number of nitrogens with one attached hydrogen (secondary N) is 1. The van der Waals surface area contributed by atoms with E-state index in [1.807, 2.05) is 0 Å². The monoisotopic (exact) mass is 492 g/mol. The highest BCUT2D eigenvalue weighted by Crippen LogP contribution is 2.27. The Morgan fingerprint density at radius 1 is 1.24 bits per heavy atom. The van der Waals surface area contributed by atoms with Crippen molar-refractivity contribution < 1.29 is 14.3 Å². The van der Waals surface area contributed by atoms with E-state index in [2.05, 4.69) is 20.3 Å². The molecule has 10 nitrogen and oxygen atoms in total. The molecule has 1 aliphatic rings. The summed E-state index contributed by atoms with van der Waals surface area (Å²) in [5.74, 6) is -0.305. The largest absolute Gasteiger partial charge is 0.466 e. The van der Waals surface area contributed by atoms with E-state index in [0.717, 1.165) is 5.56 Å². The van der Waals surface area contributed by atoms with Gasteiger partial charge in [0.25, 0.3) is 5.56 Å². The summed E-state index contributed by atoms with van der Waals surface area (Å²) >= 11 is 12.2. The Morgan fingerprint density at radius 3 is 2.70 bits per heavy atom. The van der Waals surface area contributed by atoms with Crippen molar-refractivity contribution in [3.05, 3.63) is 50.0 Å². The number of hydrogen-bond acceptors (Lipinski definition) is 7. The first-order valence-corrected chi connectivity index (χ1v) is 11.3. The van der Waals surface area contributed by atoms with Gasteiger partial charge in [-0.1, -0.05) is 34.5 Å². The number of piperidine rings is 1. The number of hydrogen-bond donors (Lipinski definition) is 1. The van der Waals surface area contributed by atoms with Crippen molar-refractivity contribution in [2.75, 3.05) is 19.7 Å². The predicted molar refractivity (Wildman–Crippen MR) is 121 cm³/mol. The molecule has 1 amide bonds. The van der Waals surface area contributed by atoms with Crippen LogP contribution in [0, 0.1) is 0 Å². The number of amides is 1. The number of ether oxygens (including phenoxy) is 1. The summed E-state index contributed by atoms with van der Waals surface area (Å²) in [6.45, 7) is 3.14. The van der Waals surface area contributed by atoms with Gasteiger partial charge in [0.15, 0.2) is 11.2 Å². The molecule has 3 heterocycles. The average Bonchev–Trinajstić information content (AvgIpc) is 3.19. The zero-order valence-electron chi connectivity index (χ0n) is 17.9. The molecule has 4 rings (SSSR count). The number of nitrogens with zero attached hydrogens (tertiary/aromatic N) is 5. The van der Waals surface area contributed by atoms with Crippen LogP contribution < -0.4 is 5.56 Å². The maximum atomic E-state index is 12.6. The minimum atomic E-state index is -0.525. The zero-order chi connectivity index (χ0) is 23.5. The quantitative estimate of drug-likeness (QED) is 0.414. The third kappa shape index (κ3) is 5.17. The number of benzene rings is 1. The van der Waals surface area contributed by atoms with Crippen LogP contribution in [0.1, 0.15) is 43.5 Å². The number of likely N-dealkylation sites (tertiary alicyclic amines) is 1. The van der Waals surface area contributed by atoms with Crippen molar-refractivity contribution in [2.45, 2.75) is 38.6 Å². The number of rotatable bonds is 6. The van der Waals surface area contributed by atoms with Crippen molar-refractivity contribution >= 4 is 46.2 Å². The molecule has 12 heteroatoms. The van der Waals surface area contributed by atoms with E-state index in [1.165, 1.54) is 4.68 Å². The molecule has 3 aromatic rings. The summed E-state index contributed by atoms with van der Waals surface area (Å²) < 4.78 is 6.37. The smallest absolute Gasteiger partial charge is 0.315 e. The lowest BCUT2D eigenvalue weighted by Crippen LogP contribution is -2.39. The molecule has 0 radical (unpaired) electrons. The fourth-order valence-corrected chi connectivity index (χ4v) is 4.31. The number of esters is 1. The van der Waals surface area contributed by atoms with Crippen LogP contribution in [0.25, 0.3) is 11.2 Å². The van der Waals surface area contributed by atoms with E-state index in [1.54, 1.807) is 30.0 Å². The van der Waals surface area contributed by atoms with Crippen LogP contribution in [0.3, 0.4) is 0 Å². The lowest BCUT2D eigenvalue weighted by Gasteiger charge is -2.31. The Morgan fingerprint density at radius 2 is 2.00 bits per heavy atom. The molecule has 1 N–H and O–H groups in total. The van der Waals surface area contributed by atoms with E-state index in [0.29, 0.717) is 47.4 Å². The number of fused-ring (bicyclic) bond motifs is 1. The standard InChI is InChI=1S/C21H22Cl2N6O4/c1-2-33-17(31)10-16(30)28-7-5-12(6-8-28)19-24-20-18(21(32)25-19)26-27-29(20)11-13-3-4-14(22)9-15(13)23/h3-4,9,12H,2,5-8,10-11H2,1H3,(H,24,25,32). The number of H-pyrrole nitrogens is 1. The second kappa shape index (κ2) is 9.88. The SMILES string of the molecule is CCOC(=O)CC(=O)N1CCC(c2nc3c(nnn3Cc3ccc(Cl)cc3Cl)c(=O)[nH]2)CC1. The summed E-state index contributed by atoms with van der Waals surface area (Å²) in [7, 11) is 0. The highest BCUT2D eigenvalue weighted by Gasteiger charge is 2.27. The van der Waals surface area contributed by atoms with Crippen LogP contribution >= 0.6 is 23.2 Å². The molecule has 33 heavy (non-hydrogen) atoms. The summed E-state index contributed by atoms with van der Waals surface area (Å²) in [5.41, 5.74) is 0.903. The van der Waals surface area contributed by atoms with E-state index in [4.69, 9.17) is 27.9 Å². The highest BCUT2D eigenvalue weighted by atomic mass is 35.5. The lowest BCUT2D eigenvalue weighted by molar-refractivity contribution is -0.149. The lowest BCUT2D eigenvalue weighted by atomic mass is 9.95. The minimum Gasteiger partial charge on any atom is -0.466 e. The van der Waals surface area contributed by atoms with Gasteiger partial charge in [0.1, 0.15) is 12.2 Å². The molecule has 1 fully saturated rings. The Hall–Kier alpha value is -2.98. The number of aromatic nitrogens is 5. The van der Waals surface area contributed by atoms with Gasteiger partial charge in [0.2, 0.25) is 5.91 Å². The van der Waals surface area contributed by atoms with E-state index < -0.39 is 5.97 Å². The van der Waals surface area contributed by atoms with Gasteiger partial charge in [-0.15, -0.1) is 5.10 Å². The number of carbonyl (C=O) groups is 2. The molecule has 1 aliphatic heterocycles. The molecular formula is C21H22Cl2N6O4. The minimum absolute atomic E-state index is 0.0452. The van der Waals surface area contributed by atoms with Crippen LogP contribution in [0.4, 0.5) is 0 Å². The van der Waals surface area contributed by atoms with E-state index >= 15 is 0 Å². The van der Waals surface area contributed by atoms with E-state index in [9.17, 15) is 14.4 Å². The first-order chi connectivity index (χ1) is 15.9. The Labute approximate surface area is 198 Å². The average molecular weight is 493 g/mol. The second-order valence-corrected chi connectivity index (χ2v) is 8.59. The van der Waals surface area contributed by atoms with Gasteiger partial charge in [0, 0.05) is 29.1 Å². The van der Waals surface area contributed by atoms with Gasteiger partial charge < -0.3 is 14.6 Å². The van der Waals surface area contributed by atoms with Crippen LogP contribution in [0.15, 0.2) is 23.0 Å². The fraction of sp³-hybridized carbons (Fsp3) is 0.429. The molecule has 0 saturated carbocycles. The van der Waals surface area contributed by atoms with Crippen molar-refractivity contribution in [3.63, 3.8) is 0 Å². The maximum Gasteiger partial charge on any atom is 0.315 e. The third-order valence-electron chi connectivity index (χ3n) is 5.56. The summed E-state index contributed by atoms with van der Waals surface area (Å²) in [6, 6.07) is 5.15. The van der Waals surface area contributed by atoms with Crippen molar-refractivity contribution in [1.82, 2.24) is 29.9 Å². The van der Waals surface area contributed by atoms with Gasteiger partial charge in [-0.3, -0.25) is 14.4 Å². The number of carbonyl (C=O) groups excluding carboxylic acids is 2. The van der Waals surface area contributed by atoms with Crippen molar-refractivity contribution in [1.29, 1.82) is 0 Å². The molecule has 174 valence electrons. The van der Waals surface area contributed by atoms with E-state index in [-0.39, 0.29) is 42.5 Å². The second-order valence-electron chi connectivity index (χ2n) is 7.74. The van der Waals surface area contributed by atoms with Gasteiger partial charge in [-0.05, 0) is 37.5 Å². The summed E-state index contributed by atoms with van der Waals surface area (Å²) in [5, 5.41) is 9.05. The van der Waals surface area contributed by atoms with Crippen molar-refractivity contribution in [3.8, 4) is 0 Å². The van der Waals surface area contributed by atoms with Crippen molar-refractivity contribution in [2.24, 2.45) is 0 Å². The van der Waals surface area contributed by atoms with Crippen LogP contribution in [-0.2, 0) is 20.9 Å². The van der Waals surface area contributed by atoms with Gasteiger partial charge >= 0.3 is 5.97 Å². The molecule has 0 aliphatic carbocycles. The van der Waals surface area contributed by atoms with Crippen LogP contribution in [0.2, 0.25) is 10.0 Å². The first-order valence-electron chi connectivity index (χ1n) is 10.6. The topological polar surface area (TPSA) is 123 Å². The van der Waals surface area contributed by atoms with Gasteiger partial charge in [-0.25, -0.2) is 9.67 Å². The Kier molecular flexibility index (Phi) is 6.94. The Balaban J connectivity index is 1.50. The highest BCUT2D eigenvalue weighted by molar-refractivity contribution is 6.35. The predicted octanol–water partition coefficient (Wildman–Crippen LogP) is 2.53.